The lowest BCUT2D eigenvalue weighted by Gasteiger charge is -2.17. The first-order chi connectivity index (χ1) is 9.00. The molecule has 1 aromatic carbocycles. The van der Waals surface area contributed by atoms with Gasteiger partial charge in [0.05, 0.1) is 4.92 Å². The van der Waals surface area contributed by atoms with Gasteiger partial charge < -0.3 is 10.8 Å². The molecule has 1 atom stereocenters. The van der Waals surface area contributed by atoms with Crippen molar-refractivity contribution in [2.24, 2.45) is 0 Å². The predicted octanol–water partition coefficient (Wildman–Crippen LogP) is -4.40. The van der Waals surface area contributed by atoms with Crippen LogP contribution in [-0.2, 0) is 4.79 Å². The summed E-state index contributed by atoms with van der Waals surface area (Å²) in [5.74, 6) is -0.971. The Balaban J connectivity index is 0.000000621. The highest BCUT2D eigenvalue weighted by Crippen LogP contribution is 2.18. The molecule has 0 amide bonds. The number of hydrogen-bond donors (Lipinski definition) is 2. The van der Waals surface area contributed by atoms with Gasteiger partial charge in [0, 0.05) is 17.7 Å². The molecule has 1 rings (SSSR count). The van der Waals surface area contributed by atoms with Crippen LogP contribution in [-0.4, -0.2) is 16.0 Å². The van der Waals surface area contributed by atoms with Gasteiger partial charge in [-0.3, -0.25) is 14.9 Å². The summed E-state index contributed by atoms with van der Waals surface area (Å²) in [4.78, 5) is 20.4. The van der Waals surface area contributed by atoms with Crippen LogP contribution < -0.4 is 24.4 Å². The lowest BCUT2D eigenvalue weighted by atomic mass is 10.0. The lowest BCUT2D eigenvalue weighted by Crippen LogP contribution is -2.68. The third kappa shape index (κ3) is 9.16. The van der Waals surface area contributed by atoms with Gasteiger partial charge in [0.15, 0.2) is 0 Å². The van der Waals surface area contributed by atoms with Crippen LogP contribution in [0, 0.1) is 20.4 Å². The number of carboxylic acid groups (broad SMARTS) is 1. The Morgan fingerprint density at radius 2 is 1.85 bits per heavy atom. The van der Waals surface area contributed by atoms with E-state index in [9.17, 15) is 14.9 Å². The van der Waals surface area contributed by atoms with Crippen molar-refractivity contribution in [3.8, 4) is 0 Å². The van der Waals surface area contributed by atoms with Gasteiger partial charge in [0.2, 0.25) is 0 Å². The van der Waals surface area contributed by atoms with E-state index in [1.807, 2.05) is 0 Å². The van der Waals surface area contributed by atoms with Crippen LogP contribution in [0.5, 0.6) is 0 Å². The molecule has 0 aliphatic carbocycles. The first kappa shape index (κ1) is 18.2. The fourth-order valence-corrected chi connectivity index (χ4v) is 1.22. The Hall–Kier alpha value is -1.82. The molecule has 0 radical (unpaired) electrons. The molecule has 0 unspecified atom stereocenters. The zero-order valence-electron chi connectivity index (χ0n) is 9.93. The summed E-state index contributed by atoms with van der Waals surface area (Å²) in [6, 6.07) is 5.39. The topological polar surface area (TPSA) is 200 Å². The van der Waals surface area contributed by atoms with Gasteiger partial charge in [-0.15, -0.1) is 10.2 Å². The van der Waals surface area contributed by atoms with E-state index in [2.05, 4.69) is 5.73 Å². The predicted molar refractivity (Wildman–Crippen MR) is 51.0 cm³/mol. The van der Waals surface area contributed by atoms with Crippen LogP contribution in [0.25, 0.3) is 0 Å². The molecule has 0 saturated carbocycles. The molecule has 1 aromatic rings. The van der Waals surface area contributed by atoms with Gasteiger partial charge in [0.25, 0.3) is 5.69 Å². The molecule has 0 saturated heterocycles. The number of quaternary nitrogens is 1. The molecule has 0 spiro atoms. The summed E-state index contributed by atoms with van der Waals surface area (Å²) < 4.78 is 34.0. The van der Waals surface area contributed by atoms with Gasteiger partial charge in [-0.2, -0.15) is 0 Å². The summed E-state index contributed by atoms with van der Waals surface area (Å²) in [6.45, 7) is 0. The number of halogens is 1. The van der Waals surface area contributed by atoms with Crippen molar-refractivity contribution in [1.29, 1.82) is 0 Å². The fraction of sp³-hybridized carbons (Fsp3) is 0.222. The van der Waals surface area contributed by atoms with E-state index in [1.165, 1.54) is 18.2 Å². The Labute approximate surface area is 114 Å². The minimum absolute atomic E-state index is 0.0495. The van der Waals surface area contributed by atoms with Crippen LogP contribution >= 0.6 is 0 Å². The second kappa shape index (κ2) is 7.69. The van der Waals surface area contributed by atoms with E-state index in [0.29, 0.717) is 5.56 Å². The van der Waals surface area contributed by atoms with Crippen molar-refractivity contribution in [2.75, 3.05) is 0 Å². The molecule has 10 nitrogen and oxygen atoms in total. The summed E-state index contributed by atoms with van der Waals surface area (Å²) >= 11 is 0. The standard InChI is InChI=1S/C9H10N2O4.ClHO4/c10-8(5-9(12)13)6-2-1-3-7(4-6)11(14)15;2-1(3,4)5/h1-4,8H,5,10H2,(H,12,13);(H,2,3,4,5)/t8-;/m0./s1. The number of rotatable bonds is 4. The number of carboxylic acids is 1. The van der Waals surface area contributed by atoms with Crippen molar-refractivity contribution in [3.05, 3.63) is 39.9 Å². The molecule has 0 bridgehead atoms. The summed E-state index contributed by atoms with van der Waals surface area (Å²) in [5.41, 5.74) is 4.16. The van der Waals surface area contributed by atoms with Crippen molar-refractivity contribution in [1.82, 2.24) is 0 Å². The Kier molecular flexibility index (Phi) is 6.99. The van der Waals surface area contributed by atoms with Crippen LogP contribution in [0.1, 0.15) is 18.0 Å². The van der Waals surface area contributed by atoms with Gasteiger partial charge in [-0.05, 0) is 0 Å². The molecule has 0 aliphatic rings. The number of aliphatic carboxylic acids is 1. The molecule has 0 fully saturated rings. The largest absolute Gasteiger partial charge is 0.481 e. The second-order valence-corrected chi connectivity index (χ2v) is 4.28. The van der Waals surface area contributed by atoms with Crippen LogP contribution in [0.4, 0.5) is 5.69 Å². The maximum atomic E-state index is 10.5. The maximum absolute atomic E-state index is 10.5. The van der Waals surface area contributed by atoms with E-state index in [4.69, 9.17) is 23.7 Å². The lowest BCUT2D eigenvalue weighted by molar-refractivity contribution is -2.00. The van der Waals surface area contributed by atoms with Crippen molar-refractivity contribution < 1.29 is 49.4 Å². The van der Waals surface area contributed by atoms with E-state index in [1.54, 1.807) is 6.07 Å². The highest BCUT2D eigenvalue weighted by Gasteiger charge is 2.16. The van der Waals surface area contributed by atoms with Gasteiger partial charge >= 0.3 is 5.97 Å². The zero-order chi connectivity index (χ0) is 15.9. The smallest absolute Gasteiger partial charge is 0.309 e. The van der Waals surface area contributed by atoms with Gasteiger partial charge in [-0.1, -0.05) is 12.1 Å². The molecule has 11 heteroatoms. The van der Waals surface area contributed by atoms with E-state index < -0.39 is 27.2 Å². The summed E-state index contributed by atoms with van der Waals surface area (Å²) in [7, 11) is -4.94. The Morgan fingerprint density at radius 3 is 2.25 bits per heavy atom. The molecular weight excluding hydrogens is 300 g/mol. The average molecular weight is 311 g/mol. The van der Waals surface area contributed by atoms with Crippen molar-refractivity contribution in [2.45, 2.75) is 12.5 Å². The van der Waals surface area contributed by atoms with E-state index in [0.717, 1.165) is 0 Å². The number of hydrogen-bond acceptors (Lipinski definition) is 7. The number of benzene rings is 1. The minimum Gasteiger partial charge on any atom is -0.481 e. The highest BCUT2D eigenvalue weighted by molar-refractivity contribution is 5.67. The highest BCUT2D eigenvalue weighted by atomic mass is 35.7. The normalized spacial score (nSPS) is 12.1. The number of nitro groups is 1. The van der Waals surface area contributed by atoms with Crippen molar-refractivity contribution >= 4 is 11.7 Å². The van der Waals surface area contributed by atoms with Crippen LogP contribution in [0.3, 0.4) is 0 Å². The molecule has 0 heterocycles. The first-order valence-electron chi connectivity index (χ1n) is 4.91. The summed E-state index contributed by atoms with van der Waals surface area (Å²) in [5, 5.41) is 19.0. The fourth-order valence-electron chi connectivity index (χ4n) is 1.22. The molecule has 20 heavy (non-hydrogen) atoms. The second-order valence-electron chi connectivity index (χ2n) is 3.52. The zero-order valence-corrected chi connectivity index (χ0v) is 10.7. The molecular formula is C9H11ClN2O8. The van der Waals surface area contributed by atoms with Crippen LogP contribution in [0.2, 0.25) is 0 Å². The molecule has 0 aromatic heterocycles. The van der Waals surface area contributed by atoms with E-state index in [-0.39, 0.29) is 12.1 Å². The number of carbonyl (C=O) groups is 1. The summed E-state index contributed by atoms with van der Waals surface area (Å²) in [6.07, 6.45) is -0.138. The third-order valence-corrected chi connectivity index (χ3v) is 1.97. The van der Waals surface area contributed by atoms with Gasteiger partial charge in [0.1, 0.15) is 12.5 Å². The Morgan fingerprint density at radius 1 is 1.35 bits per heavy atom. The molecule has 112 valence electrons. The molecule has 0 aliphatic heterocycles. The monoisotopic (exact) mass is 310 g/mol. The molecule has 4 N–H and O–H groups in total. The van der Waals surface area contributed by atoms with Gasteiger partial charge in [-0.25, -0.2) is 18.6 Å². The average Bonchev–Trinajstić information content (AvgIpc) is 2.26. The SMILES string of the molecule is [NH3+][C@@H](CC(=O)O)c1cccc([N+](=O)[O-])c1.[O-][Cl+3]([O-])([O-])[O-]. The Bertz CT molecular complexity index is 469. The minimum atomic E-state index is -4.94. The first-order valence-corrected chi connectivity index (χ1v) is 6.15. The van der Waals surface area contributed by atoms with E-state index >= 15 is 0 Å². The number of nitro benzene ring substituents is 1. The quantitative estimate of drug-likeness (QED) is 0.409. The number of non-ortho nitro benzene ring substituents is 1. The maximum Gasteiger partial charge on any atom is 0.309 e. The number of nitrogens with zero attached hydrogens (tertiary/aromatic N) is 1. The third-order valence-electron chi connectivity index (χ3n) is 1.97. The van der Waals surface area contributed by atoms with Crippen LogP contribution in [0.15, 0.2) is 24.3 Å². The van der Waals surface area contributed by atoms with Crippen molar-refractivity contribution in [3.63, 3.8) is 0 Å².